The van der Waals surface area contributed by atoms with Gasteiger partial charge >= 0.3 is 6.18 Å². The quantitative estimate of drug-likeness (QED) is 0.738. The summed E-state index contributed by atoms with van der Waals surface area (Å²) >= 11 is 0. The number of rotatable bonds is 4. The minimum absolute atomic E-state index is 0.311. The van der Waals surface area contributed by atoms with Gasteiger partial charge in [0.15, 0.2) is 0 Å². The minimum Gasteiger partial charge on any atom is -0.348 e. The summed E-state index contributed by atoms with van der Waals surface area (Å²) in [6.07, 6.45) is -2.95. The lowest BCUT2D eigenvalue weighted by atomic mass is 10.1. The van der Waals surface area contributed by atoms with E-state index in [9.17, 15) is 22.8 Å². The van der Waals surface area contributed by atoms with Crippen molar-refractivity contribution in [3.63, 3.8) is 0 Å². The molecule has 0 spiro atoms. The lowest BCUT2D eigenvalue weighted by Gasteiger charge is -2.15. The summed E-state index contributed by atoms with van der Waals surface area (Å²) in [4.78, 5) is 24.8. The number of benzene rings is 1. The number of nitrogens with zero attached hydrogens (tertiary/aromatic N) is 4. The molecule has 0 saturated heterocycles. The molecule has 1 aromatic carbocycles. The Morgan fingerprint density at radius 1 is 1.25 bits per heavy atom. The molecule has 2 heterocycles. The molecule has 10 heteroatoms. The van der Waals surface area contributed by atoms with Gasteiger partial charge in [0.25, 0.3) is 5.56 Å². The van der Waals surface area contributed by atoms with Crippen molar-refractivity contribution >= 4 is 16.8 Å². The summed E-state index contributed by atoms with van der Waals surface area (Å²) in [6.45, 7) is 3.03. The molecule has 3 rings (SSSR count). The number of fused-ring (bicyclic) bond motifs is 1. The smallest absolute Gasteiger partial charge is 0.348 e. The first kappa shape index (κ1) is 19.6. The topological polar surface area (TPSA) is 81.8 Å². The first-order chi connectivity index (χ1) is 13.1. The fraction of sp³-hybridized carbons (Fsp3) is 0.333. The minimum atomic E-state index is -4.42. The first-order valence-corrected chi connectivity index (χ1v) is 8.44. The average Bonchev–Trinajstić information content (AvgIpc) is 2.91. The molecule has 2 aromatic heterocycles. The van der Waals surface area contributed by atoms with Gasteiger partial charge in [-0.15, -0.1) is 0 Å². The molecule has 148 valence electrons. The van der Waals surface area contributed by atoms with Crippen LogP contribution in [-0.2, 0) is 24.6 Å². The maximum absolute atomic E-state index is 12.6. The van der Waals surface area contributed by atoms with Gasteiger partial charge in [0.2, 0.25) is 5.91 Å². The summed E-state index contributed by atoms with van der Waals surface area (Å²) in [5.41, 5.74) is 0.431. The van der Waals surface area contributed by atoms with Crippen molar-refractivity contribution in [2.24, 2.45) is 7.05 Å². The van der Waals surface area contributed by atoms with Crippen molar-refractivity contribution in [1.82, 2.24) is 24.9 Å². The number of amides is 1. The van der Waals surface area contributed by atoms with E-state index in [0.29, 0.717) is 22.2 Å². The van der Waals surface area contributed by atoms with E-state index in [2.05, 4.69) is 15.5 Å². The second-order valence-electron chi connectivity index (χ2n) is 6.49. The van der Waals surface area contributed by atoms with Crippen LogP contribution in [0.3, 0.4) is 0 Å². The summed E-state index contributed by atoms with van der Waals surface area (Å²) in [7, 11) is 1.69. The van der Waals surface area contributed by atoms with Crippen LogP contribution in [0, 0.1) is 6.92 Å². The zero-order valence-corrected chi connectivity index (χ0v) is 15.4. The summed E-state index contributed by atoms with van der Waals surface area (Å²) in [5.74, 6) is -0.483. The number of aromatic nitrogens is 4. The summed E-state index contributed by atoms with van der Waals surface area (Å²) in [6, 6.07) is 4.01. The maximum atomic E-state index is 12.6. The standard InChI is InChI=1S/C18H18F3N5O2/c1-10(12-4-6-13(7-5-12)18(19,20)21)23-15(27)9-26-17(28)16-11(2)24-25(3)14(16)8-22-26/h4-8,10H,9H2,1-3H3,(H,23,27). The molecule has 3 aromatic rings. The van der Waals surface area contributed by atoms with Crippen molar-refractivity contribution in [2.45, 2.75) is 32.6 Å². The highest BCUT2D eigenvalue weighted by Gasteiger charge is 2.30. The van der Waals surface area contributed by atoms with Crippen LogP contribution in [-0.4, -0.2) is 25.5 Å². The Bertz CT molecular complexity index is 1080. The molecule has 1 N–H and O–H groups in total. The van der Waals surface area contributed by atoms with E-state index in [1.54, 1.807) is 20.9 Å². The Hall–Kier alpha value is -3.17. The second kappa shape index (κ2) is 7.10. The predicted molar refractivity (Wildman–Crippen MR) is 95.5 cm³/mol. The molecule has 0 aliphatic rings. The first-order valence-electron chi connectivity index (χ1n) is 8.44. The molecule has 0 aliphatic carbocycles. The number of nitrogens with one attached hydrogen (secondary N) is 1. The highest BCUT2D eigenvalue weighted by atomic mass is 19.4. The third kappa shape index (κ3) is 3.75. The van der Waals surface area contributed by atoms with Gasteiger partial charge in [0, 0.05) is 7.05 Å². The second-order valence-corrected chi connectivity index (χ2v) is 6.49. The van der Waals surface area contributed by atoms with E-state index >= 15 is 0 Å². The molecule has 0 saturated carbocycles. The highest BCUT2D eigenvalue weighted by molar-refractivity contribution is 5.80. The molecule has 0 radical (unpaired) electrons. The zero-order valence-electron chi connectivity index (χ0n) is 15.4. The molecular weight excluding hydrogens is 375 g/mol. The fourth-order valence-electron chi connectivity index (χ4n) is 2.97. The third-order valence-electron chi connectivity index (χ3n) is 4.44. The molecule has 0 bridgehead atoms. The van der Waals surface area contributed by atoms with E-state index < -0.39 is 29.2 Å². The van der Waals surface area contributed by atoms with Gasteiger partial charge < -0.3 is 5.32 Å². The Morgan fingerprint density at radius 2 is 1.89 bits per heavy atom. The largest absolute Gasteiger partial charge is 0.416 e. The Kier molecular flexibility index (Phi) is 4.97. The highest BCUT2D eigenvalue weighted by Crippen LogP contribution is 2.29. The van der Waals surface area contributed by atoms with Crippen LogP contribution in [0.4, 0.5) is 13.2 Å². The Morgan fingerprint density at radius 3 is 2.50 bits per heavy atom. The molecule has 1 amide bonds. The molecule has 0 fully saturated rings. The monoisotopic (exact) mass is 393 g/mol. The van der Waals surface area contributed by atoms with Crippen molar-refractivity contribution in [3.05, 3.63) is 57.6 Å². The van der Waals surface area contributed by atoms with Crippen molar-refractivity contribution in [2.75, 3.05) is 0 Å². The molecule has 7 nitrogen and oxygen atoms in total. The van der Waals surface area contributed by atoms with Gasteiger partial charge in [-0.25, -0.2) is 4.68 Å². The van der Waals surface area contributed by atoms with E-state index in [0.717, 1.165) is 16.8 Å². The number of halogens is 3. The van der Waals surface area contributed by atoms with Gasteiger partial charge in [-0.05, 0) is 31.5 Å². The van der Waals surface area contributed by atoms with Gasteiger partial charge in [-0.1, -0.05) is 12.1 Å². The number of carbonyl (C=O) groups is 1. The van der Waals surface area contributed by atoms with Crippen LogP contribution >= 0.6 is 0 Å². The number of alkyl halides is 3. The van der Waals surface area contributed by atoms with Crippen molar-refractivity contribution in [3.8, 4) is 0 Å². The lowest BCUT2D eigenvalue weighted by Crippen LogP contribution is -2.35. The van der Waals surface area contributed by atoms with Crippen LogP contribution in [0.25, 0.3) is 10.9 Å². The lowest BCUT2D eigenvalue weighted by molar-refractivity contribution is -0.137. The van der Waals surface area contributed by atoms with E-state index in [4.69, 9.17) is 0 Å². The molecule has 0 aliphatic heterocycles. The number of hydrogen-bond donors (Lipinski definition) is 1. The van der Waals surface area contributed by atoms with Gasteiger partial charge in [-0.2, -0.15) is 23.4 Å². The third-order valence-corrected chi connectivity index (χ3v) is 4.44. The normalized spacial score (nSPS) is 12.9. The van der Waals surface area contributed by atoms with Crippen LogP contribution < -0.4 is 10.9 Å². The zero-order chi connectivity index (χ0) is 20.6. The fourth-order valence-corrected chi connectivity index (χ4v) is 2.97. The van der Waals surface area contributed by atoms with Crippen LogP contribution in [0.1, 0.15) is 29.8 Å². The molecule has 28 heavy (non-hydrogen) atoms. The van der Waals surface area contributed by atoms with Crippen molar-refractivity contribution < 1.29 is 18.0 Å². The average molecular weight is 393 g/mol. The Labute approximate surface area is 157 Å². The SMILES string of the molecule is Cc1nn(C)c2cnn(CC(=O)NC(C)c3ccc(C(F)(F)F)cc3)c(=O)c12. The molecular formula is C18H18F3N5O2. The van der Waals surface area contributed by atoms with E-state index in [-0.39, 0.29) is 6.54 Å². The number of aryl methyl sites for hydroxylation is 2. The molecule has 1 atom stereocenters. The van der Waals surface area contributed by atoms with E-state index in [1.807, 2.05) is 0 Å². The molecule has 1 unspecified atom stereocenters. The summed E-state index contributed by atoms with van der Waals surface area (Å²) < 4.78 is 40.5. The Balaban J connectivity index is 1.73. The van der Waals surface area contributed by atoms with Crippen LogP contribution in [0.5, 0.6) is 0 Å². The van der Waals surface area contributed by atoms with E-state index in [1.165, 1.54) is 23.0 Å². The van der Waals surface area contributed by atoms with Gasteiger partial charge in [-0.3, -0.25) is 14.3 Å². The van der Waals surface area contributed by atoms with Crippen molar-refractivity contribution in [1.29, 1.82) is 0 Å². The summed E-state index contributed by atoms with van der Waals surface area (Å²) in [5, 5.41) is 11.2. The van der Waals surface area contributed by atoms with Crippen LogP contribution in [0.2, 0.25) is 0 Å². The predicted octanol–water partition coefficient (Wildman–Crippen LogP) is 2.33. The van der Waals surface area contributed by atoms with Crippen LogP contribution in [0.15, 0.2) is 35.3 Å². The maximum Gasteiger partial charge on any atom is 0.416 e. The number of carbonyl (C=O) groups excluding carboxylic acids is 1. The number of hydrogen-bond acceptors (Lipinski definition) is 4. The van der Waals surface area contributed by atoms with Gasteiger partial charge in [0.05, 0.1) is 34.4 Å². The van der Waals surface area contributed by atoms with Gasteiger partial charge in [0.1, 0.15) is 6.54 Å².